The molecule has 1 nitrogen and oxygen atoms in total. The van der Waals surface area contributed by atoms with Gasteiger partial charge in [-0.2, -0.15) is 0 Å². The predicted molar refractivity (Wildman–Crippen MR) is 44.1 cm³/mol. The van der Waals surface area contributed by atoms with E-state index in [1.54, 1.807) is 24.3 Å². The van der Waals surface area contributed by atoms with Gasteiger partial charge in [-0.25, -0.2) is 4.39 Å². The maximum absolute atomic E-state index is 13.1. The van der Waals surface area contributed by atoms with Crippen molar-refractivity contribution in [2.45, 2.75) is 0 Å². The summed E-state index contributed by atoms with van der Waals surface area (Å²) < 4.78 is 18.0. The summed E-state index contributed by atoms with van der Waals surface area (Å²) in [5, 5.41) is 0. The highest BCUT2D eigenvalue weighted by Crippen LogP contribution is 2.22. The molecule has 1 aromatic heterocycles. The molecule has 0 atom stereocenters. The lowest BCUT2D eigenvalue weighted by Crippen LogP contribution is -1.79. The third-order valence-electron chi connectivity index (χ3n) is 1.71. The summed E-state index contributed by atoms with van der Waals surface area (Å²) in [7, 11) is 0. The minimum Gasteiger partial charge on any atom is -0.472 e. The summed E-state index contributed by atoms with van der Waals surface area (Å²) in [5.74, 6) is -0.223. The molecular formula is C10H7FO. The molecule has 0 N–H and O–H groups in total. The van der Waals surface area contributed by atoms with Gasteiger partial charge < -0.3 is 4.42 Å². The second-order valence-corrected chi connectivity index (χ2v) is 2.49. The Hall–Kier alpha value is -1.57. The Balaban J connectivity index is 2.55. The molecule has 0 spiro atoms. The maximum atomic E-state index is 13.1. The fraction of sp³-hybridized carbons (Fsp3) is 0. The molecule has 0 fully saturated rings. The van der Waals surface area contributed by atoms with E-state index in [2.05, 4.69) is 0 Å². The van der Waals surface area contributed by atoms with E-state index in [1.165, 1.54) is 18.6 Å². The molecule has 12 heavy (non-hydrogen) atoms. The first-order valence-corrected chi connectivity index (χ1v) is 3.65. The standard InChI is InChI=1S/C10H7FO/c11-10-4-2-1-3-9(10)8-5-6-12-7-8/h1-7H. The molecule has 60 valence electrons. The smallest absolute Gasteiger partial charge is 0.131 e. The first-order valence-electron chi connectivity index (χ1n) is 3.65. The molecule has 1 aromatic carbocycles. The number of furan rings is 1. The Morgan fingerprint density at radius 1 is 1.08 bits per heavy atom. The third-order valence-corrected chi connectivity index (χ3v) is 1.71. The molecule has 0 bridgehead atoms. The Kier molecular flexibility index (Phi) is 1.67. The van der Waals surface area contributed by atoms with Crippen molar-refractivity contribution in [3.8, 4) is 11.1 Å². The lowest BCUT2D eigenvalue weighted by Gasteiger charge is -1.96. The van der Waals surface area contributed by atoms with Crippen molar-refractivity contribution < 1.29 is 8.81 Å². The number of rotatable bonds is 1. The van der Waals surface area contributed by atoms with Crippen LogP contribution in [-0.2, 0) is 0 Å². The van der Waals surface area contributed by atoms with Gasteiger partial charge in [0.05, 0.1) is 12.5 Å². The van der Waals surface area contributed by atoms with Crippen LogP contribution in [0.3, 0.4) is 0 Å². The summed E-state index contributed by atoms with van der Waals surface area (Å²) in [4.78, 5) is 0. The van der Waals surface area contributed by atoms with Gasteiger partial charge in [-0.05, 0) is 12.1 Å². The lowest BCUT2D eigenvalue weighted by molar-refractivity contribution is 0.567. The van der Waals surface area contributed by atoms with E-state index >= 15 is 0 Å². The number of benzene rings is 1. The maximum Gasteiger partial charge on any atom is 0.131 e. The molecule has 1 heterocycles. The fourth-order valence-electron chi connectivity index (χ4n) is 1.11. The zero-order chi connectivity index (χ0) is 8.39. The summed E-state index contributed by atoms with van der Waals surface area (Å²) in [6.45, 7) is 0. The molecule has 0 unspecified atom stereocenters. The Morgan fingerprint density at radius 3 is 2.58 bits per heavy atom. The summed E-state index contributed by atoms with van der Waals surface area (Å²) in [5.41, 5.74) is 1.35. The van der Waals surface area contributed by atoms with Gasteiger partial charge in [0.2, 0.25) is 0 Å². The van der Waals surface area contributed by atoms with E-state index in [1.807, 2.05) is 0 Å². The first kappa shape index (κ1) is 7.10. The normalized spacial score (nSPS) is 10.1. The van der Waals surface area contributed by atoms with Gasteiger partial charge in [0, 0.05) is 11.1 Å². The van der Waals surface area contributed by atoms with E-state index in [9.17, 15) is 4.39 Å². The van der Waals surface area contributed by atoms with Crippen LogP contribution in [0, 0.1) is 5.82 Å². The molecular weight excluding hydrogens is 155 g/mol. The minimum absolute atomic E-state index is 0.223. The van der Waals surface area contributed by atoms with Crippen molar-refractivity contribution in [1.29, 1.82) is 0 Å². The van der Waals surface area contributed by atoms with Gasteiger partial charge in [0.25, 0.3) is 0 Å². The van der Waals surface area contributed by atoms with Crippen LogP contribution in [0.15, 0.2) is 47.3 Å². The quantitative estimate of drug-likeness (QED) is 0.628. The van der Waals surface area contributed by atoms with E-state index in [-0.39, 0.29) is 5.82 Å². The van der Waals surface area contributed by atoms with Crippen LogP contribution in [0.25, 0.3) is 11.1 Å². The molecule has 0 saturated carbocycles. The van der Waals surface area contributed by atoms with Crippen LogP contribution in [-0.4, -0.2) is 0 Å². The Bertz CT molecular complexity index is 365. The van der Waals surface area contributed by atoms with Crippen LogP contribution in [0.4, 0.5) is 4.39 Å². The first-order chi connectivity index (χ1) is 5.88. The summed E-state index contributed by atoms with van der Waals surface area (Å²) in [6.07, 6.45) is 3.06. The monoisotopic (exact) mass is 162 g/mol. The SMILES string of the molecule is Fc1ccccc1-c1ccoc1. The van der Waals surface area contributed by atoms with Crippen LogP contribution in [0.5, 0.6) is 0 Å². The van der Waals surface area contributed by atoms with Gasteiger partial charge in [0.1, 0.15) is 5.82 Å². The van der Waals surface area contributed by atoms with Crippen molar-refractivity contribution in [3.05, 3.63) is 48.7 Å². The third kappa shape index (κ3) is 1.11. The van der Waals surface area contributed by atoms with E-state index < -0.39 is 0 Å². The predicted octanol–water partition coefficient (Wildman–Crippen LogP) is 3.09. The van der Waals surface area contributed by atoms with E-state index in [0.717, 1.165) is 5.56 Å². The fourth-order valence-corrected chi connectivity index (χ4v) is 1.11. The van der Waals surface area contributed by atoms with E-state index in [0.29, 0.717) is 5.56 Å². The zero-order valence-electron chi connectivity index (χ0n) is 6.33. The molecule has 0 aliphatic carbocycles. The van der Waals surface area contributed by atoms with Crippen molar-refractivity contribution >= 4 is 0 Å². The molecule has 0 aliphatic rings. The van der Waals surface area contributed by atoms with Crippen molar-refractivity contribution in [2.24, 2.45) is 0 Å². The number of hydrogen-bond acceptors (Lipinski definition) is 1. The highest BCUT2D eigenvalue weighted by Gasteiger charge is 2.03. The van der Waals surface area contributed by atoms with Gasteiger partial charge in [-0.1, -0.05) is 18.2 Å². The molecule has 2 rings (SSSR count). The molecule has 0 radical (unpaired) electrons. The minimum atomic E-state index is -0.223. The summed E-state index contributed by atoms with van der Waals surface area (Å²) >= 11 is 0. The van der Waals surface area contributed by atoms with Gasteiger partial charge in [-0.3, -0.25) is 0 Å². The summed E-state index contributed by atoms with van der Waals surface area (Å²) in [6, 6.07) is 8.35. The topological polar surface area (TPSA) is 13.1 Å². The number of halogens is 1. The molecule has 0 amide bonds. The van der Waals surface area contributed by atoms with Gasteiger partial charge in [0.15, 0.2) is 0 Å². The van der Waals surface area contributed by atoms with Crippen LogP contribution in [0.2, 0.25) is 0 Å². The van der Waals surface area contributed by atoms with Crippen LogP contribution in [0.1, 0.15) is 0 Å². The van der Waals surface area contributed by atoms with Crippen LogP contribution < -0.4 is 0 Å². The zero-order valence-corrected chi connectivity index (χ0v) is 6.33. The highest BCUT2D eigenvalue weighted by molar-refractivity contribution is 5.62. The molecule has 0 saturated heterocycles. The molecule has 2 heteroatoms. The number of hydrogen-bond donors (Lipinski definition) is 0. The lowest BCUT2D eigenvalue weighted by atomic mass is 10.1. The van der Waals surface area contributed by atoms with Gasteiger partial charge in [-0.15, -0.1) is 0 Å². The Labute approximate surface area is 69.4 Å². The van der Waals surface area contributed by atoms with Gasteiger partial charge >= 0.3 is 0 Å². The largest absolute Gasteiger partial charge is 0.472 e. The van der Waals surface area contributed by atoms with Crippen LogP contribution >= 0.6 is 0 Å². The second kappa shape index (κ2) is 2.81. The molecule has 2 aromatic rings. The Morgan fingerprint density at radius 2 is 1.92 bits per heavy atom. The van der Waals surface area contributed by atoms with Crippen molar-refractivity contribution in [2.75, 3.05) is 0 Å². The van der Waals surface area contributed by atoms with Crippen molar-refractivity contribution in [3.63, 3.8) is 0 Å². The second-order valence-electron chi connectivity index (χ2n) is 2.49. The highest BCUT2D eigenvalue weighted by atomic mass is 19.1. The molecule has 0 aliphatic heterocycles. The van der Waals surface area contributed by atoms with Crippen molar-refractivity contribution in [1.82, 2.24) is 0 Å². The average molecular weight is 162 g/mol. The average Bonchev–Trinajstić information content (AvgIpc) is 2.57. The van der Waals surface area contributed by atoms with E-state index in [4.69, 9.17) is 4.42 Å².